The standard InChI is InChI=1S/C14H21FN2O/c1-11(16)14-12(15)5-4-6-13(14)18-10-9-17-7-2-3-8-17/h4-6,11H,2-3,7-10,16H2,1H3/t11-/m0/s1. The maximum absolute atomic E-state index is 13.7. The van der Waals surface area contributed by atoms with Gasteiger partial charge in [-0.3, -0.25) is 4.90 Å². The first-order chi connectivity index (χ1) is 8.68. The van der Waals surface area contributed by atoms with Gasteiger partial charge in [-0.05, 0) is 45.0 Å². The minimum absolute atomic E-state index is 0.288. The third-order valence-electron chi connectivity index (χ3n) is 3.33. The Morgan fingerprint density at radius 2 is 2.11 bits per heavy atom. The second-order valence-corrected chi connectivity index (χ2v) is 4.84. The lowest BCUT2D eigenvalue weighted by Gasteiger charge is -2.18. The van der Waals surface area contributed by atoms with Crippen LogP contribution >= 0.6 is 0 Å². The number of likely N-dealkylation sites (tertiary alicyclic amines) is 1. The van der Waals surface area contributed by atoms with Crippen LogP contribution in [0.2, 0.25) is 0 Å². The molecule has 0 bridgehead atoms. The lowest BCUT2D eigenvalue weighted by Crippen LogP contribution is -2.25. The van der Waals surface area contributed by atoms with Gasteiger partial charge in [0.05, 0.1) is 0 Å². The SMILES string of the molecule is C[C@H](N)c1c(F)cccc1OCCN1CCCC1. The summed E-state index contributed by atoms with van der Waals surface area (Å²) < 4.78 is 19.3. The minimum atomic E-state index is -0.354. The monoisotopic (exact) mass is 252 g/mol. The molecule has 3 nitrogen and oxygen atoms in total. The summed E-state index contributed by atoms with van der Waals surface area (Å²) in [6.45, 7) is 5.54. The Balaban J connectivity index is 1.93. The van der Waals surface area contributed by atoms with Crippen LogP contribution in [0, 0.1) is 5.82 Å². The van der Waals surface area contributed by atoms with Crippen LogP contribution < -0.4 is 10.5 Å². The van der Waals surface area contributed by atoms with Gasteiger partial charge in [0, 0.05) is 18.2 Å². The highest BCUT2D eigenvalue weighted by molar-refractivity contribution is 5.36. The van der Waals surface area contributed by atoms with Crippen LogP contribution in [-0.2, 0) is 0 Å². The molecular formula is C14H21FN2O. The fraction of sp³-hybridized carbons (Fsp3) is 0.571. The highest BCUT2D eigenvalue weighted by Gasteiger charge is 2.15. The number of rotatable bonds is 5. The van der Waals surface area contributed by atoms with Gasteiger partial charge in [0.25, 0.3) is 0 Å². The van der Waals surface area contributed by atoms with Crippen LogP contribution in [0.4, 0.5) is 4.39 Å². The first-order valence-corrected chi connectivity index (χ1v) is 6.57. The number of hydrogen-bond acceptors (Lipinski definition) is 3. The lowest BCUT2D eigenvalue weighted by atomic mass is 10.1. The van der Waals surface area contributed by atoms with Crippen molar-refractivity contribution in [3.63, 3.8) is 0 Å². The molecule has 1 fully saturated rings. The Kier molecular flexibility index (Phi) is 4.55. The van der Waals surface area contributed by atoms with Crippen molar-refractivity contribution in [1.29, 1.82) is 0 Å². The average Bonchev–Trinajstić information content (AvgIpc) is 2.81. The molecule has 1 heterocycles. The van der Waals surface area contributed by atoms with E-state index in [1.807, 2.05) is 0 Å². The van der Waals surface area contributed by atoms with Gasteiger partial charge in [0.15, 0.2) is 0 Å². The molecular weight excluding hydrogens is 231 g/mol. The van der Waals surface area contributed by atoms with E-state index < -0.39 is 0 Å². The Bertz CT molecular complexity index is 389. The molecule has 0 aliphatic carbocycles. The number of hydrogen-bond donors (Lipinski definition) is 1. The third kappa shape index (κ3) is 3.21. The predicted molar refractivity (Wildman–Crippen MR) is 70.2 cm³/mol. The molecule has 1 saturated heterocycles. The van der Waals surface area contributed by atoms with Crippen molar-refractivity contribution in [3.05, 3.63) is 29.6 Å². The van der Waals surface area contributed by atoms with E-state index in [0.717, 1.165) is 19.6 Å². The largest absolute Gasteiger partial charge is 0.492 e. The number of ether oxygens (including phenoxy) is 1. The Morgan fingerprint density at radius 1 is 1.39 bits per heavy atom. The highest BCUT2D eigenvalue weighted by atomic mass is 19.1. The predicted octanol–water partition coefficient (Wildman–Crippen LogP) is 2.32. The van der Waals surface area contributed by atoms with Crippen molar-refractivity contribution in [1.82, 2.24) is 4.90 Å². The maximum Gasteiger partial charge on any atom is 0.131 e. The van der Waals surface area contributed by atoms with E-state index in [4.69, 9.17) is 10.5 Å². The summed E-state index contributed by atoms with van der Waals surface area (Å²) in [5.41, 5.74) is 6.25. The first kappa shape index (κ1) is 13.3. The van der Waals surface area contributed by atoms with Crippen LogP contribution in [-0.4, -0.2) is 31.1 Å². The van der Waals surface area contributed by atoms with E-state index in [9.17, 15) is 4.39 Å². The van der Waals surface area contributed by atoms with Gasteiger partial charge in [-0.1, -0.05) is 6.07 Å². The Morgan fingerprint density at radius 3 is 2.78 bits per heavy atom. The summed E-state index contributed by atoms with van der Waals surface area (Å²) in [4.78, 5) is 2.37. The van der Waals surface area contributed by atoms with E-state index in [-0.39, 0.29) is 11.9 Å². The Labute approximate surface area is 108 Å². The van der Waals surface area contributed by atoms with E-state index in [1.54, 1.807) is 19.1 Å². The molecule has 0 saturated carbocycles. The molecule has 1 aromatic rings. The molecule has 0 aromatic heterocycles. The third-order valence-corrected chi connectivity index (χ3v) is 3.33. The number of nitrogens with zero attached hydrogens (tertiary/aromatic N) is 1. The van der Waals surface area contributed by atoms with Crippen LogP contribution in [0.25, 0.3) is 0 Å². The smallest absolute Gasteiger partial charge is 0.131 e. The van der Waals surface area contributed by atoms with Crippen LogP contribution in [0.5, 0.6) is 5.75 Å². The van der Waals surface area contributed by atoms with Crippen LogP contribution in [0.3, 0.4) is 0 Å². The highest BCUT2D eigenvalue weighted by Crippen LogP contribution is 2.26. The van der Waals surface area contributed by atoms with Crippen LogP contribution in [0.1, 0.15) is 31.4 Å². The van der Waals surface area contributed by atoms with Gasteiger partial charge in [0.2, 0.25) is 0 Å². The molecule has 0 amide bonds. The van der Waals surface area contributed by atoms with Gasteiger partial charge in [-0.15, -0.1) is 0 Å². The summed E-state index contributed by atoms with van der Waals surface area (Å²) in [5.74, 6) is 0.285. The van der Waals surface area contributed by atoms with E-state index in [1.165, 1.54) is 18.9 Å². The second kappa shape index (κ2) is 6.16. The molecule has 2 rings (SSSR count). The minimum Gasteiger partial charge on any atom is -0.492 e. The van der Waals surface area contributed by atoms with Gasteiger partial charge in [0.1, 0.15) is 18.2 Å². The number of nitrogens with two attached hydrogens (primary N) is 1. The van der Waals surface area contributed by atoms with Gasteiger partial charge in [-0.25, -0.2) is 4.39 Å². The zero-order valence-corrected chi connectivity index (χ0v) is 10.9. The number of benzene rings is 1. The molecule has 0 radical (unpaired) electrons. The average molecular weight is 252 g/mol. The topological polar surface area (TPSA) is 38.5 Å². The molecule has 1 atom stereocenters. The molecule has 0 unspecified atom stereocenters. The van der Waals surface area contributed by atoms with Crippen molar-refractivity contribution >= 4 is 0 Å². The summed E-state index contributed by atoms with van der Waals surface area (Å²) >= 11 is 0. The molecule has 1 aliphatic heterocycles. The van der Waals surface area contributed by atoms with Gasteiger partial charge >= 0.3 is 0 Å². The normalized spacial score (nSPS) is 17.9. The van der Waals surface area contributed by atoms with E-state index >= 15 is 0 Å². The summed E-state index contributed by atoms with van der Waals surface area (Å²) in [6, 6.07) is 4.51. The van der Waals surface area contributed by atoms with E-state index in [2.05, 4.69) is 4.90 Å². The summed E-state index contributed by atoms with van der Waals surface area (Å²) in [5, 5.41) is 0. The first-order valence-electron chi connectivity index (χ1n) is 6.57. The van der Waals surface area contributed by atoms with Crippen molar-refractivity contribution in [2.45, 2.75) is 25.8 Å². The van der Waals surface area contributed by atoms with Crippen molar-refractivity contribution in [3.8, 4) is 5.75 Å². The maximum atomic E-state index is 13.7. The molecule has 0 spiro atoms. The molecule has 1 aromatic carbocycles. The number of halogens is 1. The lowest BCUT2D eigenvalue weighted by molar-refractivity contribution is 0.235. The molecule has 100 valence electrons. The van der Waals surface area contributed by atoms with Crippen molar-refractivity contribution < 1.29 is 9.13 Å². The molecule has 2 N–H and O–H groups in total. The van der Waals surface area contributed by atoms with Gasteiger partial charge in [-0.2, -0.15) is 0 Å². The Hall–Kier alpha value is -1.13. The van der Waals surface area contributed by atoms with E-state index in [0.29, 0.717) is 17.9 Å². The molecule has 1 aliphatic rings. The zero-order valence-electron chi connectivity index (χ0n) is 10.9. The fourth-order valence-corrected chi connectivity index (χ4v) is 2.38. The van der Waals surface area contributed by atoms with Crippen LogP contribution in [0.15, 0.2) is 18.2 Å². The molecule has 4 heteroatoms. The van der Waals surface area contributed by atoms with Gasteiger partial charge < -0.3 is 10.5 Å². The quantitative estimate of drug-likeness (QED) is 0.874. The summed E-state index contributed by atoms with van der Waals surface area (Å²) in [7, 11) is 0. The van der Waals surface area contributed by atoms with Crippen molar-refractivity contribution in [2.75, 3.05) is 26.2 Å². The molecule has 18 heavy (non-hydrogen) atoms. The second-order valence-electron chi connectivity index (χ2n) is 4.84. The summed E-state index contributed by atoms with van der Waals surface area (Å²) in [6.07, 6.45) is 2.54. The van der Waals surface area contributed by atoms with Crippen molar-refractivity contribution in [2.24, 2.45) is 5.73 Å². The zero-order chi connectivity index (χ0) is 13.0. The fourth-order valence-electron chi connectivity index (χ4n) is 2.38.